The van der Waals surface area contributed by atoms with Crippen molar-refractivity contribution in [1.82, 2.24) is 29.0 Å². The van der Waals surface area contributed by atoms with Crippen molar-refractivity contribution in [2.75, 3.05) is 19.3 Å². The Hall–Kier alpha value is -3.84. The molecule has 1 N–H and O–H groups in total. The van der Waals surface area contributed by atoms with Crippen molar-refractivity contribution >= 4 is 27.0 Å². The van der Waals surface area contributed by atoms with Crippen LogP contribution in [0.2, 0.25) is 0 Å². The molecule has 0 saturated carbocycles. The summed E-state index contributed by atoms with van der Waals surface area (Å²) in [5.41, 5.74) is 3.99. The minimum atomic E-state index is -3.21. The minimum Gasteiger partial charge on any atom is -0.434 e. The van der Waals surface area contributed by atoms with E-state index in [-0.39, 0.29) is 23.7 Å². The smallest absolute Gasteiger partial charge is 0.387 e. The van der Waals surface area contributed by atoms with Crippen molar-refractivity contribution in [3.63, 3.8) is 0 Å². The molecule has 3 aliphatic heterocycles. The number of ether oxygens (including phenoxy) is 1. The number of aromatic nitrogens is 4. The number of nitrogens with zero attached hydrogens (tertiary/aromatic N) is 5. The van der Waals surface area contributed by atoms with Crippen molar-refractivity contribution in [2.24, 2.45) is 0 Å². The molecule has 3 aliphatic rings. The third kappa shape index (κ3) is 3.52. The highest BCUT2D eigenvalue weighted by Gasteiger charge is 2.42. The van der Waals surface area contributed by atoms with E-state index in [1.165, 1.54) is 22.7 Å². The number of imidazole rings is 1. The first-order valence-electron chi connectivity index (χ1n) is 12.1. The van der Waals surface area contributed by atoms with Crippen LogP contribution in [0.5, 0.6) is 5.75 Å². The number of amides is 1. The lowest BCUT2D eigenvalue weighted by Gasteiger charge is -2.37. The number of fused-ring (bicyclic) bond motifs is 9. The van der Waals surface area contributed by atoms with Gasteiger partial charge in [0, 0.05) is 36.0 Å². The molecule has 0 aliphatic carbocycles. The minimum absolute atomic E-state index is 0.0194. The molecule has 1 saturated heterocycles. The summed E-state index contributed by atoms with van der Waals surface area (Å²) in [5, 5.41) is 7.44. The Kier molecular flexibility index (Phi) is 4.95. The lowest BCUT2D eigenvalue weighted by molar-refractivity contribution is -0.0507. The summed E-state index contributed by atoms with van der Waals surface area (Å²) < 4.78 is 59.9. The molecule has 5 heterocycles. The van der Waals surface area contributed by atoms with E-state index < -0.39 is 22.7 Å². The molecule has 2 aromatic carbocycles. The van der Waals surface area contributed by atoms with Gasteiger partial charge in [0.15, 0.2) is 0 Å². The summed E-state index contributed by atoms with van der Waals surface area (Å²) >= 11 is 0. The lowest BCUT2D eigenvalue weighted by Crippen LogP contribution is -2.50. The number of benzene rings is 2. The summed E-state index contributed by atoms with van der Waals surface area (Å²) in [7, 11) is -3.21. The third-order valence-corrected chi connectivity index (χ3v) is 8.81. The molecule has 2 aromatic heterocycles. The van der Waals surface area contributed by atoms with Crippen molar-refractivity contribution in [3.8, 4) is 16.9 Å². The van der Waals surface area contributed by atoms with Gasteiger partial charge >= 0.3 is 6.61 Å². The Morgan fingerprint density at radius 1 is 1.16 bits per heavy atom. The zero-order valence-corrected chi connectivity index (χ0v) is 20.9. The summed E-state index contributed by atoms with van der Waals surface area (Å²) in [6.07, 6.45) is 5.29. The van der Waals surface area contributed by atoms with E-state index in [1.807, 2.05) is 29.0 Å². The normalized spacial score (nSPS) is 21.2. The molecular weight excluding hydrogens is 518 g/mol. The fourth-order valence-corrected chi connectivity index (χ4v) is 6.62. The molecule has 10 nitrogen and oxygen atoms in total. The second-order valence-corrected chi connectivity index (χ2v) is 11.8. The third-order valence-electron chi connectivity index (χ3n) is 7.57. The number of hydrogen-bond donors (Lipinski definition) is 1. The first-order chi connectivity index (χ1) is 18.2. The standard InChI is InChI=1S/C25H22F2N6O4S/c1-38(35,36)31-11-15(12-31)32-10-14(9-28-32)13-5-6-17-19(7-13)33-20-8-18(23(33)29-17)30-24(34)16-3-2-4-21(22(16)20)37-25(26)27/h2-7,9-10,15,18,20,25H,8,11-12H2,1H3,(H,30,34). The van der Waals surface area contributed by atoms with Gasteiger partial charge in [-0.15, -0.1) is 0 Å². The van der Waals surface area contributed by atoms with Crippen LogP contribution in [0.1, 0.15) is 46.3 Å². The van der Waals surface area contributed by atoms with Crippen LogP contribution in [-0.2, 0) is 10.0 Å². The quantitative estimate of drug-likeness (QED) is 0.417. The van der Waals surface area contributed by atoms with E-state index in [0.29, 0.717) is 36.5 Å². The molecule has 2 bridgehead atoms. The highest BCUT2D eigenvalue weighted by atomic mass is 32.2. The van der Waals surface area contributed by atoms with Gasteiger partial charge in [0.25, 0.3) is 5.91 Å². The van der Waals surface area contributed by atoms with E-state index >= 15 is 0 Å². The number of sulfonamides is 1. The average Bonchev–Trinajstić information content (AvgIpc) is 3.49. The number of nitrogens with one attached hydrogen (secondary N) is 1. The van der Waals surface area contributed by atoms with Gasteiger partial charge in [0.2, 0.25) is 10.0 Å². The van der Waals surface area contributed by atoms with Crippen molar-refractivity contribution in [3.05, 3.63) is 65.7 Å². The molecule has 0 radical (unpaired) electrons. The maximum Gasteiger partial charge on any atom is 0.387 e. The molecule has 2 atom stereocenters. The summed E-state index contributed by atoms with van der Waals surface area (Å²) in [6, 6.07) is 9.59. The largest absolute Gasteiger partial charge is 0.434 e. The van der Waals surface area contributed by atoms with Gasteiger partial charge in [-0.05, 0) is 36.2 Å². The molecule has 13 heteroatoms. The number of alkyl halides is 2. The van der Waals surface area contributed by atoms with E-state index in [1.54, 1.807) is 16.9 Å². The maximum absolute atomic E-state index is 13.2. The molecule has 4 aromatic rings. The van der Waals surface area contributed by atoms with Crippen LogP contribution < -0.4 is 10.1 Å². The molecule has 1 amide bonds. The number of carbonyl (C=O) groups excluding carboxylic acids is 1. The molecule has 0 spiro atoms. The summed E-state index contributed by atoms with van der Waals surface area (Å²) in [5.74, 6) is 0.303. The predicted octanol–water partition coefficient (Wildman–Crippen LogP) is 3.10. The first kappa shape index (κ1) is 23.3. The monoisotopic (exact) mass is 540 g/mol. The predicted molar refractivity (Wildman–Crippen MR) is 132 cm³/mol. The van der Waals surface area contributed by atoms with Gasteiger partial charge in [-0.1, -0.05) is 12.1 Å². The summed E-state index contributed by atoms with van der Waals surface area (Å²) in [4.78, 5) is 17.7. The second-order valence-electron chi connectivity index (χ2n) is 9.86. The van der Waals surface area contributed by atoms with Crippen LogP contribution in [0.3, 0.4) is 0 Å². The van der Waals surface area contributed by atoms with E-state index in [0.717, 1.165) is 22.2 Å². The van der Waals surface area contributed by atoms with Gasteiger partial charge in [0.05, 0.1) is 41.6 Å². The lowest BCUT2D eigenvalue weighted by atomic mass is 9.97. The molecule has 38 heavy (non-hydrogen) atoms. The molecule has 2 unspecified atom stereocenters. The Balaban J connectivity index is 1.28. The fourth-order valence-electron chi connectivity index (χ4n) is 5.73. The van der Waals surface area contributed by atoms with Crippen LogP contribution in [0.25, 0.3) is 22.2 Å². The Morgan fingerprint density at radius 2 is 1.97 bits per heavy atom. The van der Waals surface area contributed by atoms with Gasteiger partial charge < -0.3 is 14.6 Å². The van der Waals surface area contributed by atoms with Crippen molar-refractivity contribution in [2.45, 2.75) is 31.2 Å². The highest BCUT2D eigenvalue weighted by molar-refractivity contribution is 7.88. The maximum atomic E-state index is 13.2. The number of halogens is 2. The number of rotatable bonds is 5. The Labute approximate surface area is 215 Å². The second kappa shape index (κ2) is 8.08. The topological polar surface area (TPSA) is 111 Å². The van der Waals surface area contributed by atoms with Gasteiger partial charge in [-0.3, -0.25) is 9.48 Å². The number of carbonyl (C=O) groups is 1. The van der Waals surface area contributed by atoms with Crippen LogP contribution in [0.4, 0.5) is 8.78 Å². The van der Waals surface area contributed by atoms with E-state index in [9.17, 15) is 22.0 Å². The zero-order chi connectivity index (χ0) is 26.3. The van der Waals surface area contributed by atoms with Crippen LogP contribution in [-0.4, -0.2) is 63.9 Å². The zero-order valence-electron chi connectivity index (χ0n) is 20.1. The van der Waals surface area contributed by atoms with Crippen LogP contribution in [0, 0.1) is 0 Å². The van der Waals surface area contributed by atoms with Gasteiger partial charge in [-0.25, -0.2) is 13.4 Å². The van der Waals surface area contributed by atoms with Crippen LogP contribution in [0.15, 0.2) is 48.8 Å². The molecule has 1 fully saturated rings. The molecular formula is C25H22F2N6O4S. The van der Waals surface area contributed by atoms with Gasteiger partial charge in [-0.2, -0.15) is 18.2 Å². The van der Waals surface area contributed by atoms with Crippen molar-refractivity contribution < 1.29 is 26.7 Å². The van der Waals surface area contributed by atoms with E-state index in [4.69, 9.17) is 9.72 Å². The fraction of sp³-hybridized carbons (Fsp3) is 0.320. The highest BCUT2D eigenvalue weighted by Crippen LogP contribution is 2.47. The molecule has 7 rings (SSSR count). The van der Waals surface area contributed by atoms with Gasteiger partial charge in [0.1, 0.15) is 11.6 Å². The van der Waals surface area contributed by atoms with E-state index in [2.05, 4.69) is 10.4 Å². The Bertz CT molecular complexity index is 1730. The number of hydrogen-bond acceptors (Lipinski definition) is 6. The average molecular weight is 541 g/mol. The Morgan fingerprint density at radius 3 is 2.74 bits per heavy atom. The molecule has 196 valence electrons. The first-order valence-corrected chi connectivity index (χ1v) is 13.9. The summed E-state index contributed by atoms with van der Waals surface area (Å²) in [6.45, 7) is -2.26. The SMILES string of the molecule is CS(=O)(=O)N1CC(n2cc(-c3ccc4nc5n(c4c3)C3CC5NC(=O)c4cccc(OC(F)F)c43)cn2)C1. The van der Waals surface area contributed by atoms with Crippen molar-refractivity contribution in [1.29, 1.82) is 0 Å². The van der Waals surface area contributed by atoms with Crippen LogP contribution >= 0.6 is 0 Å².